The van der Waals surface area contributed by atoms with Crippen molar-refractivity contribution >= 4 is 11.6 Å². The maximum Gasteiger partial charge on any atom is 0.129 e. The largest absolute Gasteiger partial charge is 0.307 e. The number of nitrogens with one attached hydrogen (secondary N) is 1. The zero-order chi connectivity index (χ0) is 12.3. The highest BCUT2D eigenvalue weighted by Gasteiger charge is 2.03. The van der Waals surface area contributed by atoms with Gasteiger partial charge in [0.25, 0.3) is 0 Å². The summed E-state index contributed by atoms with van der Waals surface area (Å²) in [4.78, 5) is 0. The molecule has 0 aliphatic carbocycles. The van der Waals surface area contributed by atoms with Crippen molar-refractivity contribution in [3.05, 3.63) is 52.6 Å². The van der Waals surface area contributed by atoms with Gasteiger partial charge in [0.05, 0.1) is 5.69 Å². The molecule has 1 aromatic carbocycles. The summed E-state index contributed by atoms with van der Waals surface area (Å²) in [6.45, 7) is 1.07. The lowest BCUT2D eigenvalue weighted by Crippen LogP contribution is -2.14. The molecule has 0 radical (unpaired) electrons. The van der Waals surface area contributed by atoms with E-state index < -0.39 is 0 Å². The third-order valence-electron chi connectivity index (χ3n) is 2.41. The summed E-state index contributed by atoms with van der Waals surface area (Å²) in [6, 6.07) is 6.61. The first-order valence-electron chi connectivity index (χ1n) is 5.28. The Hall–Kier alpha value is -1.39. The van der Waals surface area contributed by atoms with E-state index in [4.69, 9.17) is 11.6 Å². The van der Waals surface area contributed by atoms with Crippen LogP contribution in [0, 0.1) is 5.82 Å². The molecule has 0 unspecified atom stereocenters. The second-order valence-corrected chi connectivity index (χ2v) is 4.26. The van der Waals surface area contributed by atoms with Crippen LogP contribution in [-0.4, -0.2) is 9.78 Å². The van der Waals surface area contributed by atoms with Crippen LogP contribution in [-0.2, 0) is 20.1 Å². The lowest BCUT2D eigenvalue weighted by Gasteiger charge is -2.04. The molecule has 0 spiro atoms. The Kier molecular flexibility index (Phi) is 3.76. The molecule has 3 nitrogen and oxygen atoms in total. The second-order valence-electron chi connectivity index (χ2n) is 3.82. The van der Waals surface area contributed by atoms with E-state index in [2.05, 4.69) is 10.4 Å². The maximum atomic E-state index is 13.4. The molecule has 1 heterocycles. The van der Waals surface area contributed by atoms with Crippen molar-refractivity contribution in [2.24, 2.45) is 7.05 Å². The van der Waals surface area contributed by atoms with E-state index in [0.717, 1.165) is 5.69 Å². The van der Waals surface area contributed by atoms with Crippen LogP contribution in [0.3, 0.4) is 0 Å². The van der Waals surface area contributed by atoms with Gasteiger partial charge >= 0.3 is 0 Å². The summed E-state index contributed by atoms with van der Waals surface area (Å²) in [7, 11) is 1.86. The predicted molar refractivity (Wildman–Crippen MR) is 65.2 cm³/mol. The minimum absolute atomic E-state index is 0.286. The Bertz CT molecular complexity index is 510. The Morgan fingerprint density at radius 2 is 2.18 bits per heavy atom. The normalized spacial score (nSPS) is 10.8. The molecule has 2 aromatic rings. The SMILES string of the molecule is Cn1ccc(CNCc2ccc(Cl)cc2F)n1. The van der Waals surface area contributed by atoms with Crippen molar-refractivity contribution in [2.75, 3.05) is 0 Å². The number of nitrogens with zero attached hydrogens (tertiary/aromatic N) is 2. The molecule has 0 bridgehead atoms. The summed E-state index contributed by atoms with van der Waals surface area (Å²) in [5.74, 6) is -0.286. The van der Waals surface area contributed by atoms with Gasteiger partial charge in [0, 0.05) is 36.9 Å². The van der Waals surface area contributed by atoms with Crippen molar-refractivity contribution < 1.29 is 4.39 Å². The van der Waals surface area contributed by atoms with Crippen molar-refractivity contribution in [3.8, 4) is 0 Å². The Morgan fingerprint density at radius 3 is 2.82 bits per heavy atom. The highest BCUT2D eigenvalue weighted by atomic mass is 35.5. The lowest BCUT2D eigenvalue weighted by atomic mass is 10.2. The second kappa shape index (κ2) is 5.29. The molecule has 0 amide bonds. The number of hydrogen-bond donors (Lipinski definition) is 1. The molecule has 0 aliphatic rings. The summed E-state index contributed by atoms with van der Waals surface area (Å²) < 4.78 is 15.2. The molecule has 0 saturated heterocycles. The standard InChI is InChI=1S/C12H13ClFN3/c1-17-5-4-11(16-17)8-15-7-9-2-3-10(13)6-12(9)14/h2-6,15H,7-8H2,1H3. The lowest BCUT2D eigenvalue weighted by molar-refractivity contribution is 0.583. The molecule has 90 valence electrons. The number of hydrogen-bond acceptors (Lipinski definition) is 2. The number of halogens is 2. The summed E-state index contributed by atoms with van der Waals surface area (Å²) in [6.07, 6.45) is 1.87. The van der Waals surface area contributed by atoms with Crippen LogP contribution in [0.2, 0.25) is 5.02 Å². The van der Waals surface area contributed by atoms with E-state index in [9.17, 15) is 4.39 Å². The smallest absolute Gasteiger partial charge is 0.129 e. The number of rotatable bonds is 4. The molecule has 0 aliphatic heterocycles. The van der Waals surface area contributed by atoms with Gasteiger partial charge in [-0.25, -0.2) is 4.39 Å². The van der Waals surface area contributed by atoms with E-state index in [1.165, 1.54) is 6.07 Å². The summed E-state index contributed by atoms with van der Waals surface area (Å²) >= 11 is 5.68. The van der Waals surface area contributed by atoms with Gasteiger partial charge in [-0.05, 0) is 18.2 Å². The third kappa shape index (κ3) is 3.28. The fourth-order valence-corrected chi connectivity index (χ4v) is 1.71. The van der Waals surface area contributed by atoms with Gasteiger partial charge in [-0.1, -0.05) is 17.7 Å². The first-order chi connectivity index (χ1) is 8.15. The third-order valence-corrected chi connectivity index (χ3v) is 2.64. The van der Waals surface area contributed by atoms with Gasteiger partial charge in [0.2, 0.25) is 0 Å². The van der Waals surface area contributed by atoms with Gasteiger partial charge in [0.15, 0.2) is 0 Å². The molecule has 2 rings (SSSR count). The van der Waals surface area contributed by atoms with Crippen LogP contribution in [0.25, 0.3) is 0 Å². The Labute approximate surface area is 104 Å². The fraction of sp³-hybridized carbons (Fsp3) is 0.250. The molecule has 17 heavy (non-hydrogen) atoms. The molecule has 0 saturated carbocycles. The van der Waals surface area contributed by atoms with Crippen molar-refractivity contribution in [1.82, 2.24) is 15.1 Å². The predicted octanol–water partition coefficient (Wildman–Crippen LogP) is 2.50. The molecular weight excluding hydrogens is 241 g/mol. The van der Waals surface area contributed by atoms with E-state index in [0.29, 0.717) is 23.7 Å². The van der Waals surface area contributed by atoms with Crippen molar-refractivity contribution in [3.63, 3.8) is 0 Å². The van der Waals surface area contributed by atoms with E-state index in [-0.39, 0.29) is 5.82 Å². The van der Waals surface area contributed by atoms with Gasteiger partial charge in [-0.2, -0.15) is 5.10 Å². The number of aromatic nitrogens is 2. The molecule has 0 fully saturated rings. The van der Waals surface area contributed by atoms with Crippen LogP contribution < -0.4 is 5.32 Å². The zero-order valence-corrected chi connectivity index (χ0v) is 10.2. The number of benzene rings is 1. The maximum absolute atomic E-state index is 13.4. The minimum Gasteiger partial charge on any atom is -0.307 e. The Balaban J connectivity index is 1.90. The van der Waals surface area contributed by atoms with Crippen LogP contribution >= 0.6 is 11.6 Å². The first kappa shape index (κ1) is 12.1. The summed E-state index contributed by atoms with van der Waals surface area (Å²) in [5, 5.41) is 7.76. The van der Waals surface area contributed by atoms with Gasteiger partial charge in [-0.3, -0.25) is 4.68 Å². The topological polar surface area (TPSA) is 29.9 Å². The van der Waals surface area contributed by atoms with E-state index in [1.54, 1.807) is 16.8 Å². The average Bonchev–Trinajstić information content (AvgIpc) is 2.68. The molecule has 1 N–H and O–H groups in total. The molecule has 1 aromatic heterocycles. The van der Waals surface area contributed by atoms with Crippen LogP contribution in [0.15, 0.2) is 30.5 Å². The molecule has 5 heteroatoms. The Morgan fingerprint density at radius 1 is 1.35 bits per heavy atom. The zero-order valence-electron chi connectivity index (χ0n) is 9.45. The average molecular weight is 254 g/mol. The number of aryl methyl sites for hydroxylation is 1. The molecular formula is C12H13ClFN3. The van der Waals surface area contributed by atoms with Gasteiger partial charge in [0.1, 0.15) is 5.82 Å². The van der Waals surface area contributed by atoms with E-state index >= 15 is 0 Å². The monoisotopic (exact) mass is 253 g/mol. The highest BCUT2D eigenvalue weighted by molar-refractivity contribution is 6.30. The van der Waals surface area contributed by atoms with Crippen molar-refractivity contribution in [2.45, 2.75) is 13.1 Å². The van der Waals surface area contributed by atoms with Gasteiger partial charge in [-0.15, -0.1) is 0 Å². The summed E-state index contributed by atoms with van der Waals surface area (Å²) in [5.41, 5.74) is 1.53. The van der Waals surface area contributed by atoms with Gasteiger partial charge < -0.3 is 5.32 Å². The van der Waals surface area contributed by atoms with Crippen LogP contribution in [0.4, 0.5) is 4.39 Å². The molecule has 0 atom stereocenters. The fourth-order valence-electron chi connectivity index (χ4n) is 1.55. The first-order valence-corrected chi connectivity index (χ1v) is 5.66. The highest BCUT2D eigenvalue weighted by Crippen LogP contribution is 2.14. The van der Waals surface area contributed by atoms with Crippen LogP contribution in [0.5, 0.6) is 0 Å². The van der Waals surface area contributed by atoms with Crippen molar-refractivity contribution in [1.29, 1.82) is 0 Å². The van der Waals surface area contributed by atoms with Crippen LogP contribution in [0.1, 0.15) is 11.3 Å². The minimum atomic E-state index is -0.286. The quantitative estimate of drug-likeness (QED) is 0.907. The van der Waals surface area contributed by atoms with E-state index in [1.807, 2.05) is 19.3 Å².